The first kappa shape index (κ1) is 17.3. The molecular formula is C18H16N4O4. The second kappa shape index (κ2) is 7.14. The summed E-state index contributed by atoms with van der Waals surface area (Å²) in [7, 11) is 1.76. The van der Waals surface area contributed by atoms with Gasteiger partial charge >= 0.3 is 5.97 Å². The molecule has 0 amide bonds. The summed E-state index contributed by atoms with van der Waals surface area (Å²) in [5, 5.41) is 15.2. The van der Waals surface area contributed by atoms with Crippen LogP contribution in [-0.4, -0.2) is 25.7 Å². The second-order valence-electron chi connectivity index (χ2n) is 5.62. The zero-order chi connectivity index (χ0) is 18.7. The lowest BCUT2D eigenvalue weighted by molar-refractivity contribution is -0.384. The predicted octanol–water partition coefficient (Wildman–Crippen LogP) is 3.12. The van der Waals surface area contributed by atoms with Crippen LogP contribution in [0.2, 0.25) is 0 Å². The Morgan fingerprint density at radius 1 is 1.19 bits per heavy atom. The summed E-state index contributed by atoms with van der Waals surface area (Å²) in [5.74, 6) is 0.713. The van der Waals surface area contributed by atoms with Crippen molar-refractivity contribution in [2.75, 3.05) is 0 Å². The molecule has 0 saturated heterocycles. The van der Waals surface area contributed by atoms with Gasteiger partial charge in [-0.15, -0.1) is 0 Å². The van der Waals surface area contributed by atoms with Crippen molar-refractivity contribution in [3.63, 3.8) is 0 Å². The van der Waals surface area contributed by atoms with Crippen molar-refractivity contribution in [3.8, 4) is 22.8 Å². The molecule has 132 valence electrons. The number of benzene rings is 2. The fourth-order valence-electron chi connectivity index (χ4n) is 2.52. The van der Waals surface area contributed by atoms with Crippen molar-refractivity contribution in [1.29, 1.82) is 0 Å². The van der Waals surface area contributed by atoms with Crippen LogP contribution in [-0.2, 0) is 23.2 Å². The number of rotatable bonds is 5. The first-order chi connectivity index (χ1) is 12.5. The third kappa shape index (κ3) is 3.59. The Morgan fingerprint density at radius 3 is 2.54 bits per heavy atom. The Morgan fingerprint density at radius 2 is 1.88 bits per heavy atom. The Bertz CT molecular complexity index is 964. The summed E-state index contributed by atoms with van der Waals surface area (Å²) >= 11 is 0. The zero-order valence-corrected chi connectivity index (χ0v) is 14.2. The van der Waals surface area contributed by atoms with Crippen LogP contribution in [0, 0.1) is 10.1 Å². The van der Waals surface area contributed by atoms with Gasteiger partial charge in [0.15, 0.2) is 11.6 Å². The fraction of sp³-hybridized carbons (Fsp3) is 0.167. The number of nitro groups is 1. The molecular weight excluding hydrogens is 336 g/mol. The third-order valence-corrected chi connectivity index (χ3v) is 3.79. The van der Waals surface area contributed by atoms with Gasteiger partial charge in [-0.05, 0) is 12.1 Å². The van der Waals surface area contributed by atoms with Crippen molar-refractivity contribution >= 4 is 11.7 Å². The predicted molar refractivity (Wildman–Crippen MR) is 94.0 cm³/mol. The summed E-state index contributed by atoms with van der Waals surface area (Å²) < 4.78 is 6.73. The van der Waals surface area contributed by atoms with Crippen molar-refractivity contribution in [2.24, 2.45) is 7.05 Å². The van der Waals surface area contributed by atoms with Gasteiger partial charge < -0.3 is 4.74 Å². The van der Waals surface area contributed by atoms with Crippen LogP contribution in [0.25, 0.3) is 22.8 Å². The first-order valence-corrected chi connectivity index (χ1v) is 7.83. The Hall–Kier alpha value is -3.55. The zero-order valence-electron chi connectivity index (χ0n) is 14.2. The average molecular weight is 352 g/mol. The lowest BCUT2D eigenvalue weighted by Gasteiger charge is -2.08. The van der Waals surface area contributed by atoms with E-state index in [9.17, 15) is 14.9 Å². The van der Waals surface area contributed by atoms with Crippen LogP contribution in [0.1, 0.15) is 12.5 Å². The molecule has 0 aliphatic carbocycles. The number of nitro benzene ring substituents is 1. The molecule has 0 unspecified atom stereocenters. The van der Waals surface area contributed by atoms with Crippen molar-refractivity contribution < 1.29 is 14.5 Å². The van der Waals surface area contributed by atoms with Crippen molar-refractivity contribution in [3.05, 3.63) is 64.2 Å². The molecule has 0 bridgehead atoms. The maximum atomic E-state index is 11.1. The molecule has 0 aliphatic rings. The molecule has 0 spiro atoms. The SMILES string of the molecule is CC(=O)OCc1ccccc1-c1nc(-c2ccc([N+](=O)[O-])cc2)nn1C. The van der Waals surface area contributed by atoms with Crippen LogP contribution in [0.3, 0.4) is 0 Å². The largest absolute Gasteiger partial charge is 0.461 e. The summed E-state index contributed by atoms with van der Waals surface area (Å²) in [6.45, 7) is 1.50. The molecule has 8 nitrogen and oxygen atoms in total. The fourth-order valence-corrected chi connectivity index (χ4v) is 2.52. The van der Waals surface area contributed by atoms with E-state index in [0.29, 0.717) is 17.2 Å². The second-order valence-corrected chi connectivity index (χ2v) is 5.62. The van der Waals surface area contributed by atoms with Gasteiger partial charge in [0, 0.05) is 42.8 Å². The normalized spacial score (nSPS) is 10.5. The molecule has 0 fully saturated rings. The Balaban J connectivity index is 1.96. The summed E-state index contributed by atoms with van der Waals surface area (Å²) in [5.41, 5.74) is 2.30. The lowest BCUT2D eigenvalue weighted by atomic mass is 10.1. The van der Waals surface area contributed by atoms with Gasteiger partial charge in [-0.1, -0.05) is 24.3 Å². The highest BCUT2D eigenvalue weighted by atomic mass is 16.6. The van der Waals surface area contributed by atoms with E-state index in [4.69, 9.17) is 4.74 Å². The molecule has 0 radical (unpaired) electrons. The molecule has 0 N–H and O–H groups in total. The third-order valence-electron chi connectivity index (χ3n) is 3.79. The number of carbonyl (C=O) groups excluding carboxylic acids is 1. The number of aromatic nitrogens is 3. The summed E-state index contributed by atoms with van der Waals surface area (Å²) in [6.07, 6.45) is 0. The van der Waals surface area contributed by atoms with Crippen LogP contribution >= 0.6 is 0 Å². The van der Waals surface area contributed by atoms with Gasteiger partial charge in [0.05, 0.1) is 4.92 Å². The van der Waals surface area contributed by atoms with Gasteiger partial charge in [0.25, 0.3) is 5.69 Å². The van der Waals surface area contributed by atoms with Crippen LogP contribution in [0.15, 0.2) is 48.5 Å². The molecule has 0 saturated carbocycles. The van der Waals surface area contributed by atoms with E-state index >= 15 is 0 Å². The number of nitrogens with zero attached hydrogens (tertiary/aromatic N) is 4. The molecule has 0 aliphatic heterocycles. The standard InChI is InChI=1S/C18H16N4O4/c1-12(23)26-11-14-5-3-4-6-16(14)18-19-17(20-21(18)2)13-7-9-15(10-8-13)22(24)25/h3-10H,11H2,1-2H3. The number of ether oxygens (including phenoxy) is 1. The van der Waals surface area contributed by atoms with Crippen LogP contribution < -0.4 is 0 Å². The summed E-state index contributed by atoms with van der Waals surface area (Å²) in [6, 6.07) is 13.5. The molecule has 26 heavy (non-hydrogen) atoms. The van der Waals surface area contributed by atoms with E-state index in [1.54, 1.807) is 23.9 Å². The molecule has 2 aromatic carbocycles. The molecule has 1 aromatic heterocycles. The molecule has 8 heteroatoms. The minimum Gasteiger partial charge on any atom is -0.461 e. The number of hydrogen-bond acceptors (Lipinski definition) is 6. The number of aryl methyl sites for hydroxylation is 1. The number of hydrogen-bond donors (Lipinski definition) is 0. The molecule has 3 aromatic rings. The lowest BCUT2D eigenvalue weighted by Crippen LogP contribution is -2.02. The van der Waals surface area contributed by atoms with E-state index in [0.717, 1.165) is 11.1 Å². The van der Waals surface area contributed by atoms with Gasteiger partial charge in [0.1, 0.15) is 6.61 Å². The van der Waals surface area contributed by atoms with Gasteiger partial charge in [0.2, 0.25) is 0 Å². The minimum absolute atomic E-state index is 0.0108. The average Bonchev–Trinajstić information content (AvgIpc) is 3.02. The topological polar surface area (TPSA) is 100 Å². The van der Waals surface area contributed by atoms with Crippen LogP contribution in [0.4, 0.5) is 5.69 Å². The smallest absolute Gasteiger partial charge is 0.302 e. The first-order valence-electron chi connectivity index (χ1n) is 7.83. The Labute approximate surface area is 149 Å². The maximum Gasteiger partial charge on any atom is 0.302 e. The molecule has 0 atom stereocenters. The van der Waals surface area contributed by atoms with E-state index in [1.165, 1.54) is 19.1 Å². The highest BCUT2D eigenvalue weighted by Gasteiger charge is 2.15. The van der Waals surface area contributed by atoms with Gasteiger partial charge in [-0.2, -0.15) is 5.10 Å². The Kier molecular flexibility index (Phi) is 4.74. The number of esters is 1. The maximum absolute atomic E-state index is 11.1. The molecule has 3 rings (SSSR count). The van der Waals surface area contributed by atoms with E-state index in [1.807, 2.05) is 24.3 Å². The van der Waals surface area contributed by atoms with Gasteiger partial charge in [-0.25, -0.2) is 9.67 Å². The highest BCUT2D eigenvalue weighted by Crippen LogP contribution is 2.26. The highest BCUT2D eigenvalue weighted by molar-refractivity contribution is 5.67. The van der Waals surface area contributed by atoms with E-state index in [-0.39, 0.29) is 18.3 Å². The number of non-ortho nitro benzene ring substituents is 1. The molecule has 1 heterocycles. The quantitative estimate of drug-likeness (QED) is 0.397. The summed E-state index contributed by atoms with van der Waals surface area (Å²) in [4.78, 5) is 26.0. The van der Waals surface area contributed by atoms with Crippen molar-refractivity contribution in [2.45, 2.75) is 13.5 Å². The van der Waals surface area contributed by atoms with Crippen molar-refractivity contribution in [1.82, 2.24) is 14.8 Å². The van der Waals surface area contributed by atoms with E-state index < -0.39 is 4.92 Å². The van der Waals surface area contributed by atoms with E-state index in [2.05, 4.69) is 10.1 Å². The number of carbonyl (C=O) groups is 1. The van der Waals surface area contributed by atoms with Crippen LogP contribution in [0.5, 0.6) is 0 Å². The minimum atomic E-state index is -0.452. The van der Waals surface area contributed by atoms with Gasteiger partial charge in [-0.3, -0.25) is 14.9 Å². The monoisotopic (exact) mass is 352 g/mol.